The molecule has 1 amide bonds. The third kappa shape index (κ3) is 11.1. The number of nitro benzene ring substituents is 1. The predicted molar refractivity (Wildman–Crippen MR) is 284 cm³/mol. The third-order valence-electron chi connectivity index (χ3n) is 16.2. The highest BCUT2D eigenvalue weighted by Gasteiger charge is 2.50. The summed E-state index contributed by atoms with van der Waals surface area (Å²) in [6.07, 6.45) is 14.4. The first-order valence-corrected chi connectivity index (χ1v) is 27.4. The predicted octanol–water partition coefficient (Wildman–Crippen LogP) is 9.57. The number of carbonyl (C=O) groups is 1. The number of aliphatic hydroxyl groups is 1. The number of carbonyl (C=O) groups excluding carboxylic acids is 1. The molecule has 2 aliphatic heterocycles. The van der Waals surface area contributed by atoms with Crippen LogP contribution in [0.15, 0.2) is 109 Å². The van der Waals surface area contributed by atoms with E-state index >= 15 is 0 Å². The number of nitrogens with zero attached hydrogens (tertiary/aromatic N) is 6. The van der Waals surface area contributed by atoms with Crippen molar-refractivity contribution in [1.82, 2.24) is 29.5 Å². The molecule has 2 aliphatic carbocycles. The van der Waals surface area contributed by atoms with Crippen LogP contribution >= 0.6 is 0 Å². The zero-order valence-corrected chi connectivity index (χ0v) is 43.4. The zero-order chi connectivity index (χ0) is 51.8. The number of piperidine rings is 1. The van der Waals surface area contributed by atoms with Crippen molar-refractivity contribution >= 4 is 44.0 Å². The van der Waals surface area contributed by atoms with E-state index in [-0.39, 0.29) is 34.4 Å². The minimum atomic E-state index is -4.59. The van der Waals surface area contributed by atoms with E-state index in [0.717, 1.165) is 101 Å². The number of anilines is 2. The Kier molecular flexibility index (Phi) is 14.4. The normalized spacial score (nSPS) is 21.6. The van der Waals surface area contributed by atoms with Gasteiger partial charge in [-0.3, -0.25) is 29.7 Å². The summed E-state index contributed by atoms with van der Waals surface area (Å²) in [5.41, 5.74) is 4.66. The summed E-state index contributed by atoms with van der Waals surface area (Å²) in [4.78, 5) is 45.0. The molecule has 4 N–H and O–H groups in total. The molecule has 3 aromatic heterocycles. The maximum Gasteiger partial charge on any atom is 0.293 e. The number of rotatable bonds is 16. The van der Waals surface area contributed by atoms with Crippen LogP contribution in [0.5, 0.6) is 17.2 Å². The highest BCUT2D eigenvalue weighted by Crippen LogP contribution is 2.53. The Balaban J connectivity index is 0.830. The number of hydrogen-bond acceptors (Lipinski definition) is 14. The van der Waals surface area contributed by atoms with Crippen molar-refractivity contribution in [2.24, 2.45) is 11.3 Å². The monoisotopic (exact) mass is 1030 g/mol. The average Bonchev–Trinajstić information content (AvgIpc) is 3.86. The van der Waals surface area contributed by atoms with Crippen LogP contribution in [-0.4, -0.2) is 107 Å². The summed E-state index contributed by atoms with van der Waals surface area (Å²) in [6, 6.07) is 23.7. The number of nitrogens with one attached hydrogen (secondary N) is 3. The van der Waals surface area contributed by atoms with Gasteiger partial charge in [0.1, 0.15) is 28.6 Å². The SMILES string of the molecule is COc1ccc(CN2CCN(C3CC4(CCN(c5ccc(C(=O)NS(=O)(=O)c6ccc(NC[C@H]7CC[C@](C)(O)CC7)c([N+](=O)[O-])c6)c(Oc6cnc7[nH]ccc7c6)c5)CC4)C3)C(c3ccncc3C(C)C)C2)cc1. The molecule has 74 heavy (non-hydrogen) atoms. The minimum Gasteiger partial charge on any atom is -0.497 e. The van der Waals surface area contributed by atoms with Crippen molar-refractivity contribution in [1.29, 1.82) is 0 Å². The highest BCUT2D eigenvalue weighted by atomic mass is 32.2. The van der Waals surface area contributed by atoms with Gasteiger partial charge in [0.05, 0.1) is 34.3 Å². The summed E-state index contributed by atoms with van der Waals surface area (Å²) in [5.74, 6) is 0.954. The van der Waals surface area contributed by atoms with Crippen LogP contribution in [0.2, 0.25) is 0 Å². The molecule has 17 nitrogen and oxygen atoms in total. The molecule has 2 saturated heterocycles. The second-order valence-corrected chi connectivity index (χ2v) is 23.3. The van der Waals surface area contributed by atoms with Gasteiger partial charge in [-0.05, 0) is 147 Å². The molecule has 1 atom stereocenters. The number of hydrogen-bond donors (Lipinski definition) is 4. The third-order valence-corrected chi connectivity index (χ3v) is 17.5. The molecule has 5 heterocycles. The Hall–Kier alpha value is -6.60. The summed E-state index contributed by atoms with van der Waals surface area (Å²) in [7, 11) is -2.89. The second kappa shape index (κ2) is 21.0. The molecule has 1 spiro atoms. The first kappa shape index (κ1) is 50.9. The number of H-pyrrole nitrogens is 1. The first-order valence-electron chi connectivity index (χ1n) is 25.9. The Morgan fingerprint density at radius 1 is 0.946 bits per heavy atom. The average molecular weight is 1030 g/mol. The molecule has 390 valence electrons. The van der Waals surface area contributed by atoms with E-state index in [1.165, 1.54) is 35.0 Å². The fourth-order valence-corrected chi connectivity index (χ4v) is 12.8. The summed E-state index contributed by atoms with van der Waals surface area (Å²) in [5, 5.41) is 26.5. The van der Waals surface area contributed by atoms with Crippen LogP contribution in [0.3, 0.4) is 0 Å². The molecule has 4 aliphatic rings. The van der Waals surface area contributed by atoms with Crippen molar-refractivity contribution in [3.63, 3.8) is 0 Å². The van der Waals surface area contributed by atoms with E-state index in [4.69, 9.17) is 9.47 Å². The van der Waals surface area contributed by atoms with Gasteiger partial charge in [0.25, 0.3) is 21.6 Å². The van der Waals surface area contributed by atoms with Gasteiger partial charge < -0.3 is 29.8 Å². The Morgan fingerprint density at radius 3 is 2.45 bits per heavy atom. The maximum atomic E-state index is 14.1. The van der Waals surface area contributed by atoms with E-state index in [0.29, 0.717) is 42.7 Å². The minimum absolute atomic E-state index is 0.0328. The van der Waals surface area contributed by atoms with Gasteiger partial charge in [0.15, 0.2) is 0 Å². The van der Waals surface area contributed by atoms with Crippen LogP contribution in [0.4, 0.5) is 17.1 Å². The first-order chi connectivity index (χ1) is 35.5. The number of benzene rings is 3. The van der Waals surface area contributed by atoms with E-state index < -0.39 is 37.0 Å². The Bertz CT molecular complexity index is 3100. The molecular formula is C56H67N9O8S. The molecule has 1 unspecified atom stereocenters. The highest BCUT2D eigenvalue weighted by molar-refractivity contribution is 7.90. The standard InChI is InChI=1S/C56H67N9O8S/c1-37(2)48-34-57-21-16-46(48)51-36-62(35-39-5-8-43(72-4)9-6-39)25-26-64(51)42-30-56(31-42)19-23-63(24-20-56)41-7-11-47(52(28-41)73-44-27-40-15-22-58-53(40)60-33-44)54(66)61-74(70,71)45-10-12-49(50(29-45)65(68)69)59-32-38-13-17-55(3,67)18-14-38/h5-12,15-16,21-22,27-29,33-34,37-38,42,51,59,67H,13-14,17-20,23-26,30-32,35-36H2,1-4H3,(H,58,60)(H,61,66)/t38-,51?,55-. The van der Waals surface area contributed by atoms with Gasteiger partial charge >= 0.3 is 0 Å². The molecule has 18 heteroatoms. The van der Waals surface area contributed by atoms with Crippen LogP contribution in [0, 0.1) is 21.4 Å². The van der Waals surface area contributed by atoms with E-state index in [2.05, 4.69) is 77.9 Å². The van der Waals surface area contributed by atoms with Gasteiger partial charge in [-0.25, -0.2) is 18.1 Å². The molecule has 0 radical (unpaired) electrons. The fraction of sp³-hybridized carbons (Fsp3) is 0.446. The van der Waals surface area contributed by atoms with Gasteiger partial charge in [0, 0.05) is 99.7 Å². The molecule has 3 aromatic carbocycles. The lowest BCUT2D eigenvalue weighted by molar-refractivity contribution is -0.384. The van der Waals surface area contributed by atoms with Crippen LogP contribution in [0.25, 0.3) is 11.0 Å². The van der Waals surface area contributed by atoms with E-state index in [1.54, 1.807) is 31.5 Å². The number of sulfonamides is 1. The fourth-order valence-electron chi connectivity index (χ4n) is 11.8. The maximum absolute atomic E-state index is 14.1. The van der Waals surface area contributed by atoms with Gasteiger partial charge in [0.2, 0.25) is 0 Å². The van der Waals surface area contributed by atoms with Crippen molar-refractivity contribution in [2.45, 2.75) is 107 Å². The van der Waals surface area contributed by atoms with Gasteiger partial charge in [-0.15, -0.1) is 0 Å². The number of aromatic amines is 1. The number of nitro groups is 1. The molecule has 6 aromatic rings. The Morgan fingerprint density at radius 2 is 1.72 bits per heavy atom. The van der Waals surface area contributed by atoms with Crippen LogP contribution in [-0.2, 0) is 16.6 Å². The van der Waals surface area contributed by atoms with E-state index in [9.17, 15) is 28.4 Å². The van der Waals surface area contributed by atoms with Crippen molar-refractivity contribution in [2.75, 3.05) is 56.6 Å². The smallest absolute Gasteiger partial charge is 0.293 e. The van der Waals surface area contributed by atoms with Crippen molar-refractivity contribution < 1.29 is 32.7 Å². The lowest BCUT2D eigenvalue weighted by atomic mass is 9.59. The van der Waals surface area contributed by atoms with Crippen molar-refractivity contribution in [3.8, 4) is 17.2 Å². The molecule has 4 fully saturated rings. The summed E-state index contributed by atoms with van der Waals surface area (Å²) >= 11 is 0. The summed E-state index contributed by atoms with van der Waals surface area (Å²) in [6.45, 7) is 12.1. The lowest BCUT2D eigenvalue weighted by Crippen LogP contribution is -2.60. The largest absolute Gasteiger partial charge is 0.497 e. The second-order valence-electron chi connectivity index (χ2n) is 21.6. The molecular weight excluding hydrogens is 959 g/mol. The topological polar surface area (TPSA) is 208 Å². The number of aromatic nitrogens is 3. The van der Waals surface area contributed by atoms with Gasteiger partial charge in [-0.1, -0.05) is 26.0 Å². The number of fused-ring (bicyclic) bond motifs is 1. The molecule has 2 saturated carbocycles. The number of piperazine rings is 1. The Labute approximate surface area is 432 Å². The number of pyridine rings is 2. The van der Waals surface area contributed by atoms with Crippen molar-refractivity contribution in [3.05, 3.63) is 136 Å². The molecule has 0 bridgehead atoms. The summed E-state index contributed by atoms with van der Waals surface area (Å²) < 4.78 is 41.7. The number of ether oxygens (including phenoxy) is 2. The van der Waals surface area contributed by atoms with Crippen LogP contribution < -0.4 is 24.4 Å². The van der Waals surface area contributed by atoms with E-state index in [1.807, 2.05) is 37.4 Å². The zero-order valence-electron chi connectivity index (χ0n) is 42.6. The lowest BCUT2D eigenvalue weighted by Gasteiger charge is -2.58. The quantitative estimate of drug-likeness (QED) is 0.0526. The van der Waals surface area contributed by atoms with Gasteiger partial charge in [-0.2, -0.15) is 0 Å². The number of methoxy groups -OCH3 is 1. The van der Waals surface area contributed by atoms with Crippen LogP contribution in [0.1, 0.15) is 111 Å². The molecule has 10 rings (SSSR count). The number of amides is 1.